The van der Waals surface area contributed by atoms with Crippen molar-refractivity contribution in [1.82, 2.24) is 0 Å². The number of rotatable bonds is 4. The van der Waals surface area contributed by atoms with E-state index in [0.717, 1.165) is 19.3 Å². The second-order valence-electron chi connectivity index (χ2n) is 1.76. The third kappa shape index (κ3) is 5.95. The molecule has 2 nitrogen and oxygen atoms in total. The lowest BCUT2D eigenvalue weighted by molar-refractivity contribution is 0.609. The van der Waals surface area contributed by atoms with Gasteiger partial charge in [-0.3, -0.25) is 0 Å². The Morgan fingerprint density at radius 3 is 2.25 bits per heavy atom. The van der Waals surface area contributed by atoms with Gasteiger partial charge in [0.15, 0.2) is 0 Å². The van der Waals surface area contributed by atoms with Crippen molar-refractivity contribution in [2.24, 2.45) is 0 Å². The lowest BCUT2D eigenvalue weighted by Gasteiger charge is -1.86. The molecular weight excluding hydrogens is 124 g/mol. The van der Waals surface area contributed by atoms with Gasteiger partial charge in [0.1, 0.15) is 10.7 Å². The molecule has 0 aliphatic rings. The average Bonchev–Trinajstić information content (AvgIpc) is 1.66. The van der Waals surface area contributed by atoms with Gasteiger partial charge in [-0.25, -0.2) is 8.42 Å². The van der Waals surface area contributed by atoms with Gasteiger partial charge >= 0.3 is 0 Å². The zero-order valence-electron chi connectivity index (χ0n) is 5.09. The molecule has 0 fully saturated rings. The van der Waals surface area contributed by atoms with Crippen LogP contribution in [0.3, 0.4) is 0 Å². The van der Waals surface area contributed by atoms with Crippen molar-refractivity contribution in [2.75, 3.05) is 5.75 Å². The summed E-state index contributed by atoms with van der Waals surface area (Å²) in [6.07, 6.45) is 2.95. The Morgan fingerprint density at radius 2 is 1.88 bits per heavy atom. The molecule has 8 heavy (non-hydrogen) atoms. The van der Waals surface area contributed by atoms with Crippen LogP contribution in [0.5, 0.6) is 0 Å². The topological polar surface area (TPSA) is 34.1 Å². The molecule has 0 radical (unpaired) electrons. The number of thiol groups is 1. The number of hydrogen-bond donors (Lipinski definition) is 1. The summed E-state index contributed by atoms with van der Waals surface area (Å²) in [5.74, 6) is 0.364. The third-order valence-corrected chi connectivity index (χ3v) is 1.63. The summed E-state index contributed by atoms with van der Waals surface area (Å²) in [4.78, 5) is 0. The van der Waals surface area contributed by atoms with Crippen LogP contribution < -0.4 is 0 Å². The quantitative estimate of drug-likeness (QED) is 0.458. The Balaban J connectivity index is 2.94. The molecule has 0 rings (SSSR count). The van der Waals surface area contributed by atoms with E-state index in [2.05, 4.69) is 6.92 Å². The zero-order valence-corrected chi connectivity index (χ0v) is 5.99. The van der Waals surface area contributed by atoms with Crippen LogP contribution >= 0.6 is 0 Å². The first-order valence-corrected chi connectivity index (χ1v) is 4.25. The monoisotopic (exact) mass is 136 g/mol. The molecule has 0 atom stereocenters. The van der Waals surface area contributed by atoms with Gasteiger partial charge in [-0.1, -0.05) is 19.8 Å². The Bertz CT molecular complexity index is 99.0. The van der Waals surface area contributed by atoms with Crippen LogP contribution in [0.4, 0.5) is 0 Å². The van der Waals surface area contributed by atoms with Crippen molar-refractivity contribution in [3.05, 3.63) is 0 Å². The molecule has 0 aromatic carbocycles. The Labute approximate surface area is 51.9 Å². The van der Waals surface area contributed by atoms with Crippen molar-refractivity contribution >= 4 is 10.7 Å². The summed E-state index contributed by atoms with van der Waals surface area (Å²) in [5.41, 5.74) is 0. The molecule has 0 unspecified atom stereocenters. The van der Waals surface area contributed by atoms with Crippen molar-refractivity contribution in [2.45, 2.75) is 26.2 Å². The first-order valence-electron chi connectivity index (χ1n) is 2.89. The average molecular weight is 136 g/mol. The molecule has 0 amide bonds. The highest BCUT2D eigenvalue weighted by Crippen LogP contribution is 1.91. The minimum atomic E-state index is -2.11. The fourth-order valence-electron chi connectivity index (χ4n) is 0.491. The Hall–Kier alpha value is -0.0500. The summed E-state index contributed by atoms with van der Waals surface area (Å²) in [6.45, 7) is 2.05. The van der Waals surface area contributed by atoms with Crippen LogP contribution in [0.25, 0.3) is 0 Å². The molecule has 0 aliphatic carbocycles. The van der Waals surface area contributed by atoms with Gasteiger partial charge in [-0.15, -0.1) is 0 Å². The summed E-state index contributed by atoms with van der Waals surface area (Å²) in [6, 6.07) is 0. The lowest BCUT2D eigenvalue weighted by Crippen LogP contribution is -1.85. The first kappa shape index (κ1) is 7.95. The van der Waals surface area contributed by atoms with E-state index in [-0.39, 0.29) is 0 Å². The van der Waals surface area contributed by atoms with Crippen LogP contribution in [0.15, 0.2) is 0 Å². The highest BCUT2D eigenvalue weighted by molar-refractivity contribution is 7.72. The van der Waals surface area contributed by atoms with Crippen LogP contribution in [0.1, 0.15) is 26.2 Å². The summed E-state index contributed by atoms with van der Waals surface area (Å²) in [7, 11) is -2.11. The van der Waals surface area contributed by atoms with Gasteiger partial charge in [0.2, 0.25) is 0 Å². The summed E-state index contributed by atoms with van der Waals surface area (Å²) < 4.78 is 19.8. The fourth-order valence-corrected chi connectivity index (χ4v) is 0.973. The van der Waals surface area contributed by atoms with Gasteiger partial charge in [-0.05, 0) is 6.42 Å². The van der Waals surface area contributed by atoms with Crippen LogP contribution in [0, 0.1) is 0 Å². The van der Waals surface area contributed by atoms with E-state index in [4.69, 9.17) is 0 Å². The van der Waals surface area contributed by atoms with E-state index in [1.165, 1.54) is 0 Å². The summed E-state index contributed by atoms with van der Waals surface area (Å²) in [5, 5.41) is 0. The largest absolute Gasteiger partial charge is 0.232 e. The molecule has 0 aliphatic heterocycles. The van der Waals surface area contributed by atoms with Gasteiger partial charge in [0.25, 0.3) is 0 Å². The van der Waals surface area contributed by atoms with Crippen molar-refractivity contribution < 1.29 is 8.42 Å². The predicted molar refractivity (Wildman–Crippen MR) is 34.7 cm³/mol. The number of unbranched alkanes of at least 4 members (excludes halogenated alkanes) is 2. The number of hydrogen-bond acceptors (Lipinski definition) is 2. The minimum Gasteiger partial charge on any atom is -0.232 e. The van der Waals surface area contributed by atoms with Crippen molar-refractivity contribution in [3.63, 3.8) is 0 Å². The Morgan fingerprint density at radius 1 is 1.25 bits per heavy atom. The highest BCUT2D eigenvalue weighted by Gasteiger charge is 1.85. The zero-order chi connectivity index (χ0) is 6.41. The van der Waals surface area contributed by atoms with Gasteiger partial charge < -0.3 is 0 Å². The molecular formula is C5H12O2S. The van der Waals surface area contributed by atoms with Crippen molar-refractivity contribution in [1.29, 1.82) is 0 Å². The second-order valence-corrected chi connectivity index (χ2v) is 2.88. The molecule has 0 N–H and O–H groups in total. The van der Waals surface area contributed by atoms with Gasteiger partial charge in [0.05, 0.1) is 0 Å². The maximum absolute atomic E-state index is 9.91. The molecule has 0 saturated heterocycles. The van der Waals surface area contributed by atoms with E-state index in [1.807, 2.05) is 0 Å². The fraction of sp³-hybridized carbons (Fsp3) is 1.00. The van der Waals surface area contributed by atoms with Crippen LogP contribution in [0.2, 0.25) is 0 Å². The first-order chi connectivity index (χ1) is 3.77. The van der Waals surface area contributed by atoms with E-state index in [9.17, 15) is 8.42 Å². The predicted octanol–water partition coefficient (Wildman–Crippen LogP) is 0.788. The normalized spacial score (nSPS) is 10.2. The SMILES string of the molecule is CCCCC[SH](=O)=O. The smallest absolute Gasteiger partial charge is 0.140 e. The van der Waals surface area contributed by atoms with E-state index >= 15 is 0 Å². The molecule has 0 saturated carbocycles. The third-order valence-electron chi connectivity index (χ3n) is 0.944. The molecule has 50 valence electrons. The molecule has 0 heterocycles. The van der Waals surface area contributed by atoms with E-state index in [0.29, 0.717) is 5.75 Å². The second kappa shape index (κ2) is 5.09. The lowest BCUT2D eigenvalue weighted by atomic mass is 10.3. The van der Waals surface area contributed by atoms with Crippen LogP contribution in [-0.2, 0) is 10.7 Å². The van der Waals surface area contributed by atoms with Crippen molar-refractivity contribution in [3.8, 4) is 0 Å². The molecule has 0 aromatic heterocycles. The molecule has 0 spiro atoms. The molecule has 3 heteroatoms. The maximum atomic E-state index is 9.91. The van der Waals surface area contributed by atoms with Crippen LogP contribution in [-0.4, -0.2) is 14.2 Å². The minimum absolute atomic E-state index is 0.364. The molecule has 0 bridgehead atoms. The van der Waals surface area contributed by atoms with Gasteiger partial charge in [-0.2, -0.15) is 0 Å². The highest BCUT2D eigenvalue weighted by atomic mass is 32.2. The summed E-state index contributed by atoms with van der Waals surface area (Å²) >= 11 is 0. The Kier molecular flexibility index (Phi) is 5.06. The standard InChI is InChI=1S/C5H12O2S/c1-2-3-4-5-8(6)7/h8H,2-5H2,1H3. The van der Waals surface area contributed by atoms with E-state index < -0.39 is 10.7 Å². The molecule has 0 aromatic rings. The maximum Gasteiger partial charge on any atom is 0.140 e. The van der Waals surface area contributed by atoms with Gasteiger partial charge in [0, 0.05) is 5.75 Å². The van der Waals surface area contributed by atoms with E-state index in [1.54, 1.807) is 0 Å².